The Morgan fingerprint density at radius 3 is 2.79 bits per heavy atom. The lowest BCUT2D eigenvalue weighted by molar-refractivity contribution is 0.0311. The Kier molecular flexibility index (Phi) is 2.77. The molecule has 0 atom stereocenters. The Labute approximate surface area is 83.1 Å². The number of nitrogens with zero attached hydrogens (tertiary/aromatic N) is 1. The van der Waals surface area contributed by atoms with E-state index in [1.807, 2.05) is 0 Å². The monoisotopic (exact) mass is 191 g/mol. The molecule has 0 N–H and O–H groups in total. The zero-order valence-electron chi connectivity index (χ0n) is 7.98. The predicted octanol–water partition coefficient (Wildman–Crippen LogP) is 2.18. The van der Waals surface area contributed by atoms with Crippen molar-refractivity contribution in [2.45, 2.75) is 31.8 Å². The van der Waals surface area contributed by atoms with Crippen LogP contribution >= 0.6 is 0 Å². The zero-order chi connectivity index (χ0) is 9.80. The van der Waals surface area contributed by atoms with Gasteiger partial charge in [-0.2, -0.15) is 0 Å². The molecule has 0 spiro atoms. The second-order valence-corrected chi connectivity index (χ2v) is 3.53. The molecule has 1 saturated carbocycles. The van der Waals surface area contributed by atoms with Crippen molar-refractivity contribution in [3.63, 3.8) is 0 Å². The number of carbonyl (C=O) groups excluding carboxylic acids is 1. The molecule has 1 aliphatic rings. The number of pyridine rings is 1. The molecule has 0 radical (unpaired) electrons. The van der Waals surface area contributed by atoms with Gasteiger partial charge in [0, 0.05) is 6.20 Å². The number of rotatable bonds is 2. The minimum absolute atomic E-state index is 0.115. The summed E-state index contributed by atoms with van der Waals surface area (Å²) in [5, 5.41) is 0. The number of hydrogen-bond donors (Lipinski definition) is 0. The van der Waals surface area contributed by atoms with Gasteiger partial charge < -0.3 is 4.74 Å². The average Bonchev–Trinajstić information content (AvgIpc) is 2.72. The van der Waals surface area contributed by atoms with Gasteiger partial charge in [-0.3, -0.25) is 0 Å². The van der Waals surface area contributed by atoms with E-state index in [2.05, 4.69) is 4.98 Å². The fourth-order valence-electron chi connectivity index (χ4n) is 1.70. The Morgan fingerprint density at radius 2 is 2.14 bits per heavy atom. The van der Waals surface area contributed by atoms with Crippen LogP contribution in [0.25, 0.3) is 0 Å². The van der Waals surface area contributed by atoms with E-state index in [9.17, 15) is 4.79 Å². The minimum Gasteiger partial charge on any atom is -0.458 e. The Morgan fingerprint density at radius 1 is 1.36 bits per heavy atom. The van der Waals surface area contributed by atoms with E-state index in [1.54, 1.807) is 24.4 Å². The smallest absolute Gasteiger partial charge is 0.357 e. The topological polar surface area (TPSA) is 39.2 Å². The van der Waals surface area contributed by atoms with Crippen molar-refractivity contribution < 1.29 is 9.53 Å². The third kappa shape index (κ3) is 2.10. The van der Waals surface area contributed by atoms with Crippen molar-refractivity contribution >= 4 is 5.97 Å². The maximum Gasteiger partial charge on any atom is 0.357 e. The molecule has 74 valence electrons. The zero-order valence-corrected chi connectivity index (χ0v) is 7.98. The number of carbonyl (C=O) groups is 1. The molecule has 14 heavy (non-hydrogen) atoms. The minimum atomic E-state index is -0.294. The molecule has 1 fully saturated rings. The molecule has 1 heterocycles. The van der Waals surface area contributed by atoms with E-state index in [0.717, 1.165) is 12.8 Å². The van der Waals surface area contributed by atoms with Gasteiger partial charge in [0.1, 0.15) is 11.8 Å². The molecule has 1 aromatic rings. The van der Waals surface area contributed by atoms with Gasteiger partial charge in [0.25, 0.3) is 0 Å². The molecule has 0 aromatic carbocycles. The van der Waals surface area contributed by atoms with E-state index >= 15 is 0 Å². The van der Waals surface area contributed by atoms with Crippen LogP contribution in [0.4, 0.5) is 0 Å². The summed E-state index contributed by atoms with van der Waals surface area (Å²) in [6.45, 7) is 0. The maximum absolute atomic E-state index is 11.5. The fourth-order valence-corrected chi connectivity index (χ4v) is 1.70. The first-order valence-corrected chi connectivity index (χ1v) is 4.98. The maximum atomic E-state index is 11.5. The van der Waals surface area contributed by atoms with Gasteiger partial charge in [0.05, 0.1) is 0 Å². The third-order valence-electron chi connectivity index (χ3n) is 2.45. The van der Waals surface area contributed by atoms with Gasteiger partial charge in [0.2, 0.25) is 0 Å². The van der Waals surface area contributed by atoms with E-state index in [4.69, 9.17) is 4.74 Å². The molecule has 0 bridgehead atoms. The molecule has 1 aromatic heterocycles. The second-order valence-electron chi connectivity index (χ2n) is 3.53. The van der Waals surface area contributed by atoms with Gasteiger partial charge in [0.15, 0.2) is 0 Å². The number of aromatic nitrogens is 1. The number of hydrogen-bond acceptors (Lipinski definition) is 3. The molecule has 3 heteroatoms. The lowest BCUT2D eigenvalue weighted by atomic mass is 10.3. The Hall–Kier alpha value is -1.38. The normalized spacial score (nSPS) is 16.9. The van der Waals surface area contributed by atoms with Crippen LogP contribution in [-0.2, 0) is 4.74 Å². The van der Waals surface area contributed by atoms with Crippen molar-refractivity contribution in [3.8, 4) is 0 Å². The quantitative estimate of drug-likeness (QED) is 0.672. The summed E-state index contributed by atoms with van der Waals surface area (Å²) in [6, 6.07) is 5.25. The molecule has 1 aliphatic carbocycles. The summed E-state index contributed by atoms with van der Waals surface area (Å²) in [5.41, 5.74) is 0.402. The highest BCUT2D eigenvalue weighted by atomic mass is 16.5. The third-order valence-corrected chi connectivity index (χ3v) is 2.45. The summed E-state index contributed by atoms with van der Waals surface area (Å²) < 4.78 is 5.30. The molecule has 0 saturated heterocycles. The summed E-state index contributed by atoms with van der Waals surface area (Å²) in [5.74, 6) is -0.294. The lowest BCUT2D eigenvalue weighted by Gasteiger charge is -2.10. The second kappa shape index (κ2) is 4.22. The van der Waals surface area contributed by atoms with E-state index in [0.29, 0.717) is 5.69 Å². The van der Waals surface area contributed by atoms with Crippen LogP contribution in [0.2, 0.25) is 0 Å². The SMILES string of the molecule is O=C(OC1CCCC1)c1ccccn1. The summed E-state index contributed by atoms with van der Waals surface area (Å²) in [7, 11) is 0. The van der Waals surface area contributed by atoms with Gasteiger partial charge in [-0.05, 0) is 37.8 Å². The molecular weight excluding hydrogens is 178 g/mol. The van der Waals surface area contributed by atoms with Crippen LogP contribution < -0.4 is 0 Å². The molecule has 2 rings (SSSR count). The van der Waals surface area contributed by atoms with E-state index in [-0.39, 0.29) is 12.1 Å². The number of esters is 1. The highest BCUT2D eigenvalue weighted by Gasteiger charge is 2.20. The molecular formula is C11H13NO2. The Balaban J connectivity index is 1.95. The van der Waals surface area contributed by atoms with Crippen LogP contribution in [0.15, 0.2) is 24.4 Å². The van der Waals surface area contributed by atoms with Crippen LogP contribution in [0.3, 0.4) is 0 Å². The standard InChI is InChI=1S/C11H13NO2/c13-11(10-7-3-4-8-12-10)14-9-5-1-2-6-9/h3-4,7-9H,1-2,5-6H2. The van der Waals surface area contributed by atoms with Crippen LogP contribution in [0, 0.1) is 0 Å². The molecule has 0 aliphatic heterocycles. The summed E-state index contributed by atoms with van der Waals surface area (Å²) in [4.78, 5) is 15.5. The highest BCUT2D eigenvalue weighted by Crippen LogP contribution is 2.21. The van der Waals surface area contributed by atoms with Crippen LogP contribution in [-0.4, -0.2) is 17.1 Å². The first-order valence-electron chi connectivity index (χ1n) is 4.98. The lowest BCUT2D eigenvalue weighted by Crippen LogP contribution is -2.15. The largest absolute Gasteiger partial charge is 0.458 e. The van der Waals surface area contributed by atoms with Gasteiger partial charge in [-0.25, -0.2) is 9.78 Å². The van der Waals surface area contributed by atoms with Crippen molar-refractivity contribution in [1.29, 1.82) is 0 Å². The first kappa shape index (κ1) is 9.19. The average molecular weight is 191 g/mol. The van der Waals surface area contributed by atoms with Crippen molar-refractivity contribution in [3.05, 3.63) is 30.1 Å². The van der Waals surface area contributed by atoms with Gasteiger partial charge in [-0.15, -0.1) is 0 Å². The summed E-state index contributed by atoms with van der Waals surface area (Å²) >= 11 is 0. The van der Waals surface area contributed by atoms with Crippen molar-refractivity contribution in [2.75, 3.05) is 0 Å². The van der Waals surface area contributed by atoms with Crippen molar-refractivity contribution in [1.82, 2.24) is 4.98 Å². The Bertz CT molecular complexity index is 304. The van der Waals surface area contributed by atoms with Crippen molar-refractivity contribution in [2.24, 2.45) is 0 Å². The van der Waals surface area contributed by atoms with Gasteiger partial charge >= 0.3 is 5.97 Å². The fraction of sp³-hybridized carbons (Fsp3) is 0.455. The first-order chi connectivity index (χ1) is 6.86. The molecule has 0 unspecified atom stereocenters. The molecule has 0 amide bonds. The highest BCUT2D eigenvalue weighted by molar-refractivity contribution is 5.87. The van der Waals surface area contributed by atoms with E-state index < -0.39 is 0 Å². The van der Waals surface area contributed by atoms with Crippen LogP contribution in [0.1, 0.15) is 36.2 Å². The van der Waals surface area contributed by atoms with E-state index in [1.165, 1.54) is 12.8 Å². The summed E-state index contributed by atoms with van der Waals surface area (Å²) in [6.07, 6.45) is 6.05. The van der Waals surface area contributed by atoms with Crippen LogP contribution in [0.5, 0.6) is 0 Å². The molecule has 3 nitrogen and oxygen atoms in total. The van der Waals surface area contributed by atoms with Gasteiger partial charge in [-0.1, -0.05) is 6.07 Å². The predicted molar refractivity (Wildman–Crippen MR) is 51.9 cm³/mol. The number of ether oxygens (including phenoxy) is 1.